The number of fused-ring (bicyclic) bond motifs is 3. The topological polar surface area (TPSA) is 114 Å². The maximum absolute atomic E-state index is 12.6. The Morgan fingerprint density at radius 1 is 1.03 bits per heavy atom. The zero-order chi connectivity index (χ0) is 23.8. The molecule has 0 saturated heterocycles. The molecule has 2 aromatic carbocycles. The number of hydrogen-bond acceptors (Lipinski definition) is 8. The highest BCUT2D eigenvalue weighted by Crippen LogP contribution is 2.19. The maximum atomic E-state index is 12.6. The molecular weight excluding hydrogens is 438 g/mol. The highest BCUT2D eigenvalue weighted by atomic mass is 16.5. The van der Waals surface area contributed by atoms with E-state index in [1.807, 2.05) is 19.9 Å². The van der Waals surface area contributed by atoms with E-state index in [1.54, 1.807) is 53.9 Å². The zero-order valence-corrected chi connectivity index (χ0v) is 18.8. The van der Waals surface area contributed by atoms with Crippen molar-refractivity contribution in [2.24, 2.45) is 7.05 Å². The van der Waals surface area contributed by atoms with Crippen LogP contribution in [-0.4, -0.2) is 30.3 Å². The molecule has 5 rings (SSSR count). The van der Waals surface area contributed by atoms with Crippen LogP contribution in [0.1, 0.15) is 33.2 Å². The van der Waals surface area contributed by atoms with Gasteiger partial charge in [0.1, 0.15) is 18.1 Å². The molecule has 0 atom stereocenters. The zero-order valence-electron chi connectivity index (χ0n) is 18.8. The summed E-state index contributed by atoms with van der Waals surface area (Å²) in [5, 5.41) is 12.7. The molecule has 5 aromatic rings. The second-order valence-electron chi connectivity index (χ2n) is 7.82. The molecule has 0 amide bonds. The molecule has 10 nitrogen and oxygen atoms in total. The van der Waals surface area contributed by atoms with Crippen LogP contribution in [0, 0.1) is 13.8 Å². The number of carbonyl (C=O) groups excluding carboxylic acids is 1. The molecule has 0 saturated carbocycles. The van der Waals surface area contributed by atoms with Crippen LogP contribution in [-0.2, 0) is 25.0 Å². The quantitative estimate of drug-likeness (QED) is 0.356. The first-order chi connectivity index (χ1) is 16.4. The Bertz CT molecular complexity index is 1560. The summed E-state index contributed by atoms with van der Waals surface area (Å²) in [6.45, 7) is 3.90. The SMILES string of the molecule is Cc1noc(C)c1COc1ccc(C(=O)OCc2nnc3n(C)c(=O)c4ccccc4n23)cc1. The molecule has 0 aliphatic carbocycles. The number of ether oxygens (including phenoxy) is 2. The molecule has 0 spiro atoms. The average molecular weight is 459 g/mol. The van der Waals surface area contributed by atoms with E-state index >= 15 is 0 Å². The van der Waals surface area contributed by atoms with Crippen LogP contribution in [0.25, 0.3) is 16.7 Å². The molecule has 0 N–H and O–H groups in total. The summed E-state index contributed by atoms with van der Waals surface area (Å²) in [6, 6.07) is 13.8. The van der Waals surface area contributed by atoms with Crippen molar-refractivity contribution in [2.45, 2.75) is 27.1 Å². The monoisotopic (exact) mass is 459 g/mol. The number of esters is 1. The van der Waals surface area contributed by atoms with Gasteiger partial charge >= 0.3 is 5.97 Å². The molecule has 0 fully saturated rings. The minimum Gasteiger partial charge on any atom is -0.489 e. The normalized spacial score (nSPS) is 11.3. The van der Waals surface area contributed by atoms with E-state index in [4.69, 9.17) is 14.0 Å². The van der Waals surface area contributed by atoms with Gasteiger partial charge in [0.25, 0.3) is 5.56 Å². The number of nitrogens with zero attached hydrogens (tertiary/aromatic N) is 5. The van der Waals surface area contributed by atoms with Crippen LogP contribution in [0.3, 0.4) is 0 Å². The predicted octanol–water partition coefficient (Wildman–Crippen LogP) is 3.12. The van der Waals surface area contributed by atoms with E-state index in [0.717, 1.165) is 11.3 Å². The molecule has 0 aliphatic rings. The Hall–Kier alpha value is -4.47. The van der Waals surface area contributed by atoms with Gasteiger partial charge in [-0.25, -0.2) is 4.79 Å². The van der Waals surface area contributed by atoms with Gasteiger partial charge in [-0.2, -0.15) is 0 Å². The second kappa shape index (κ2) is 8.47. The van der Waals surface area contributed by atoms with Crippen molar-refractivity contribution in [3.8, 4) is 5.75 Å². The van der Waals surface area contributed by atoms with Crippen molar-refractivity contribution in [3.05, 3.63) is 87.3 Å². The number of aromatic nitrogens is 5. The van der Waals surface area contributed by atoms with Crippen molar-refractivity contribution >= 4 is 22.6 Å². The summed E-state index contributed by atoms with van der Waals surface area (Å²) in [4.78, 5) is 25.2. The Morgan fingerprint density at radius 2 is 1.79 bits per heavy atom. The molecule has 3 aromatic heterocycles. The highest BCUT2D eigenvalue weighted by Gasteiger charge is 2.16. The van der Waals surface area contributed by atoms with Crippen LogP contribution in [0.5, 0.6) is 5.75 Å². The average Bonchev–Trinajstić information content (AvgIpc) is 3.43. The number of hydrogen-bond donors (Lipinski definition) is 0. The summed E-state index contributed by atoms with van der Waals surface area (Å²) in [5.74, 6) is 1.59. The van der Waals surface area contributed by atoms with Gasteiger partial charge in [-0.05, 0) is 50.2 Å². The standard InChI is InChI=1S/C24H21N5O5/c1-14-19(15(2)34-27-14)12-32-17-10-8-16(9-11-17)23(31)33-13-21-25-26-24-28(3)22(30)18-6-4-5-7-20(18)29(21)24/h4-11H,12-13H2,1-3H3. The molecule has 34 heavy (non-hydrogen) atoms. The largest absolute Gasteiger partial charge is 0.489 e. The first-order valence-corrected chi connectivity index (χ1v) is 10.6. The van der Waals surface area contributed by atoms with Crippen LogP contribution in [0.4, 0.5) is 0 Å². The lowest BCUT2D eigenvalue weighted by Crippen LogP contribution is -2.20. The highest BCUT2D eigenvalue weighted by molar-refractivity contribution is 5.89. The third-order valence-electron chi connectivity index (χ3n) is 5.68. The molecule has 0 bridgehead atoms. The van der Waals surface area contributed by atoms with E-state index in [-0.39, 0.29) is 12.2 Å². The van der Waals surface area contributed by atoms with Crippen molar-refractivity contribution in [1.82, 2.24) is 24.3 Å². The molecule has 0 radical (unpaired) electrons. The lowest BCUT2D eigenvalue weighted by Gasteiger charge is -2.09. The van der Waals surface area contributed by atoms with E-state index in [9.17, 15) is 9.59 Å². The molecule has 10 heteroatoms. The van der Waals surface area contributed by atoms with Gasteiger partial charge in [-0.3, -0.25) is 13.8 Å². The van der Waals surface area contributed by atoms with Crippen molar-refractivity contribution < 1.29 is 18.8 Å². The summed E-state index contributed by atoms with van der Waals surface area (Å²) < 4.78 is 19.5. The number of para-hydroxylation sites is 1. The summed E-state index contributed by atoms with van der Waals surface area (Å²) in [7, 11) is 1.63. The first kappa shape index (κ1) is 21.4. The molecule has 3 heterocycles. The van der Waals surface area contributed by atoms with Crippen molar-refractivity contribution in [2.75, 3.05) is 0 Å². The van der Waals surface area contributed by atoms with Crippen LogP contribution >= 0.6 is 0 Å². The third kappa shape index (κ3) is 3.68. The van der Waals surface area contributed by atoms with Gasteiger partial charge in [-0.1, -0.05) is 17.3 Å². The Morgan fingerprint density at radius 3 is 2.53 bits per heavy atom. The van der Waals surface area contributed by atoms with Crippen molar-refractivity contribution in [3.63, 3.8) is 0 Å². The second-order valence-corrected chi connectivity index (χ2v) is 7.82. The summed E-state index contributed by atoms with van der Waals surface area (Å²) in [5.41, 5.74) is 2.53. The molecule has 0 aliphatic heterocycles. The molecule has 172 valence electrons. The van der Waals surface area contributed by atoms with Gasteiger partial charge < -0.3 is 14.0 Å². The van der Waals surface area contributed by atoms with Gasteiger partial charge in [0.15, 0.2) is 12.4 Å². The van der Waals surface area contributed by atoms with E-state index < -0.39 is 5.97 Å². The van der Waals surface area contributed by atoms with Gasteiger partial charge in [0.2, 0.25) is 5.78 Å². The lowest BCUT2D eigenvalue weighted by molar-refractivity contribution is 0.0461. The molecule has 0 unspecified atom stereocenters. The Balaban J connectivity index is 1.30. The Labute approximate surface area is 193 Å². The van der Waals surface area contributed by atoms with E-state index in [1.165, 1.54) is 4.57 Å². The number of aryl methyl sites for hydroxylation is 3. The fourth-order valence-electron chi connectivity index (χ4n) is 3.75. The summed E-state index contributed by atoms with van der Waals surface area (Å²) in [6.07, 6.45) is 0. The van der Waals surface area contributed by atoms with Gasteiger partial charge in [-0.15, -0.1) is 10.2 Å². The van der Waals surface area contributed by atoms with Crippen LogP contribution < -0.4 is 10.3 Å². The predicted molar refractivity (Wildman–Crippen MR) is 122 cm³/mol. The smallest absolute Gasteiger partial charge is 0.338 e. The minimum atomic E-state index is -0.511. The number of carbonyl (C=O) groups is 1. The number of rotatable bonds is 6. The van der Waals surface area contributed by atoms with Crippen LogP contribution in [0.2, 0.25) is 0 Å². The maximum Gasteiger partial charge on any atom is 0.338 e. The lowest BCUT2D eigenvalue weighted by atomic mass is 10.2. The van der Waals surface area contributed by atoms with Gasteiger partial charge in [0.05, 0.1) is 27.7 Å². The van der Waals surface area contributed by atoms with Crippen molar-refractivity contribution in [1.29, 1.82) is 0 Å². The van der Waals surface area contributed by atoms with E-state index in [0.29, 0.717) is 46.2 Å². The van der Waals surface area contributed by atoms with Gasteiger partial charge in [0, 0.05) is 7.05 Å². The minimum absolute atomic E-state index is 0.105. The summed E-state index contributed by atoms with van der Waals surface area (Å²) >= 11 is 0. The van der Waals surface area contributed by atoms with E-state index in [2.05, 4.69) is 15.4 Å². The number of benzene rings is 2. The molecular formula is C24H21N5O5. The fourth-order valence-corrected chi connectivity index (χ4v) is 3.75. The third-order valence-corrected chi connectivity index (χ3v) is 5.68. The Kier molecular flexibility index (Phi) is 5.33. The van der Waals surface area contributed by atoms with Crippen LogP contribution in [0.15, 0.2) is 57.8 Å². The first-order valence-electron chi connectivity index (χ1n) is 10.6. The fraction of sp³-hybridized carbons (Fsp3) is 0.208.